The lowest BCUT2D eigenvalue weighted by Gasteiger charge is -2.33. The summed E-state index contributed by atoms with van der Waals surface area (Å²) in [5.74, 6) is 0.990. The molecule has 0 atom stereocenters. The average molecular weight is 508 g/mol. The lowest BCUT2D eigenvalue weighted by atomic mass is 9.88. The van der Waals surface area contributed by atoms with E-state index in [0.29, 0.717) is 24.8 Å². The zero-order valence-corrected chi connectivity index (χ0v) is 21.4. The van der Waals surface area contributed by atoms with Crippen LogP contribution in [0.1, 0.15) is 50.0 Å². The number of amides is 2. The molecule has 2 aromatic heterocycles. The fourth-order valence-corrected chi connectivity index (χ4v) is 5.95. The quantitative estimate of drug-likeness (QED) is 0.515. The van der Waals surface area contributed by atoms with Crippen molar-refractivity contribution in [3.63, 3.8) is 0 Å². The molecule has 190 valence electrons. The lowest BCUT2D eigenvalue weighted by molar-refractivity contribution is -0.132. The van der Waals surface area contributed by atoms with E-state index >= 15 is 0 Å². The van der Waals surface area contributed by atoms with Crippen molar-refractivity contribution >= 4 is 34.3 Å². The number of nitrogens with zero attached hydrogens (tertiary/aromatic N) is 4. The summed E-state index contributed by atoms with van der Waals surface area (Å²) in [4.78, 5) is 32.6. The smallest absolute Gasteiger partial charge is 0.231 e. The SMILES string of the molecule is NC(=O)CN1CCC(CCC(=O)N2CCC(c3cn(-c4ccc(Cl)cc4)c4cnccc34)CC2)CC1. The summed E-state index contributed by atoms with van der Waals surface area (Å²) in [6.45, 7) is 3.74. The molecule has 2 amide bonds. The Morgan fingerprint density at radius 1 is 1.00 bits per heavy atom. The number of fused-ring (bicyclic) bond motifs is 1. The van der Waals surface area contributed by atoms with Crippen molar-refractivity contribution < 1.29 is 9.59 Å². The maximum absolute atomic E-state index is 13.0. The number of hydrogen-bond acceptors (Lipinski definition) is 4. The first kappa shape index (κ1) is 24.8. The third-order valence-electron chi connectivity index (χ3n) is 7.88. The minimum Gasteiger partial charge on any atom is -0.369 e. The third-order valence-corrected chi connectivity index (χ3v) is 8.14. The van der Waals surface area contributed by atoms with Crippen molar-refractivity contribution in [3.05, 3.63) is 59.5 Å². The molecule has 0 aliphatic carbocycles. The number of likely N-dealkylation sites (tertiary alicyclic amines) is 2. The number of primary amides is 1. The van der Waals surface area contributed by atoms with E-state index in [2.05, 4.69) is 31.6 Å². The number of rotatable bonds is 7. The summed E-state index contributed by atoms with van der Waals surface area (Å²) in [5, 5.41) is 1.95. The van der Waals surface area contributed by atoms with Crippen molar-refractivity contribution in [2.24, 2.45) is 11.7 Å². The minimum atomic E-state index is -0.266. The van der Waals surface area contributed by atoms with Gasteiger partial charge in [0, 0.05) is 48.0 Å². The minimum absolute atomic E-state index is 0.266. The van der Waals surface area contributed by atoms with E-state index < -0.39 is 0 Å². The van der Waals surface area contributed by atoms with Crippen molar-refractivity contribution in [2.75, 3.05) is 32.7 Å². The van der Waals surface area contributed by atoms with E-state index in [-0.39, 0.29) is 11.8 Å². The first-order valence-electron chi connectivity index (χ1n) is 13.0. The molecule has 4 heterocycles. The highest BCUT2D eigenvalue weighted by Gasteiger charge is 2.27. The number of aromatic nitrogens is 2. The summed E-state index contributed by atoms with van der Waals surface area (Å²) in [6.07, 6.45) is 11.6. The standard InChI is InChI=1S/C28H34ClN5O2/c29-22-2-4-23(5-3-22)34-18-25(24-7-12-31-17-26(24)34)21-10-15-33(16-11-21)28(36)6-1-20-8-13-32(14-9-20)19-27(30)35/h2-5,7,12,17-18,20-21H,1,6,8-11,13-16,19H2,(H2,30,35). The van der Waals surface area contributed by atoms with Gasteiger partial charge in [-0.15, -0.1) is 0 Å². The van der Waals surface area contributed by atoms with Gasteiger partial charge < -0.3 is 15.2 Å². The molecule has 1 aromatic carbocycles. The van der Waals surface area contributed by atoms with Crippen LogP contribution in [0.2, 0.25) is 5.02 Å². The largest absolute Gasteiger partial charge is 0.369 e. The number of carbonyl (C=O) groups is 2. The van der Waals surface area contributed by atoms with Crippen molar-refractivity contribution in [3.8, 4) is 5.69 Å². The Hall–Kier alpha value is -2.90. The normalized spacial score (nSPS) is 18.1. The topological polar surface area (TPSA) is 84.5 Å². The van der Waals surface area contributed by atoms with Crippen molar-refractivity contribution in [1.29, 1.82) is 0 Å². The summed E-state index contributed by atoms with van der Waals surface area (Å²) in [7, 11) is 0. The fourth-order valence-electron chi connectivity index (χ4n) is 5.82. The van der Waals surface area contributed by atoms with Gasteiger partial charge in [0.2, 0.25) is 11.8 Å². The van der Waals surface area contributed by atoms with Crippen LogP contribution in [0.25, 0.3) is 16.6 Å². The number of halogens is 1. The van der Waals surface area contributed by atoms with Crippen molar-refractivity contribution in [2.45, 2.75) is 44.4 Å². The Morgan fingerprint density at radius 2 is 1.72 bits per heavy atom. The van der Waals surface area contributed by atoms with Gasteiger partial charge in [0.1, 0.15) is 0 Å². The van der Waals surface area contributed by atoms with Gasteiger partial charge in [-0.05, 0) is 92.9 Å². The Labute approximate surface area is 217 Å². The molecule has 2 aliphatic heterocycles. The van der Waals surface area contributed by atoms with Gasteiger partial charge in [-0.3, -0.25) is 19.5 Å². The number of pyridine rings is 1. The third kappa shape index (κ3) is 5.57. The van der Waals surface area contributed by atoms with Crippen LogP contribution in [0.3, 0.4) is 0 Å². The van der Waals surface area contributed by atoms with Crippen LogP contribution in [0, 0.1) is 5.92 Å². The predicted octanol–water partition coefficient (Wildman–Crippen LogP) is 4.36. The van der Waals surface area contributed by atoms with E-state index in [1.54, 1.807) is 0 Å². The second-order valence-electron chi connectivity index (χ2n) is 10.2. The number of benzene rings is 1. The van der Waals surface area contributed by atoms with Crippen LogP contribution < -0.4 is 5.73 Å². The molecule has 0 spiro atoms. The molecular weight excluding hydrogens is 474 g/mol. The van der Waals surface area contributed by atoms with Crippen LogP contribution in [0.15, 0.2) is 48.9 Å². The zero-order chi connectivity index (χ0) is 25.1. The van der Waals surface area contributed by atoms with Crippen molar-refractivity contribution in [1.82, 2.24) is 19.4 Å². The molecular formula is C28H34ClN5O2. The van der Waals surface area contributed by atoms with E-state index in [0.717, 1.165) is 74.5 Å². The summed E-state index contributed by atoms with van der Waals surface area (Å²) < 4.78 is 2.19. The Kier molecular flexibility index (Phi) is 7.58. The van der Waals surface area contributed by atoms with Crippen LogP contribution in [-0.2, 0) is 9.59 Å². The molecule has 2 saturated heterocycles. The monoisotopic (exact) mass is 507 g/mol. The first-order chi connectivity index (χ1) is 17.5. The Bertz CT molecular complexity index is 1210. The van der Waals surface area contributed by atoms with Gasteiger partial charge in [-0.25, -0.2) is 0 Å². The Morgan fingerprint density at radius 3 is 2.42 bits per heavy atom. The van der Waals surface area contributed by atoms with Gasteiger partial charge >= 0.3 is 0 Å². The predicted molar refractivity (Wildman–Crippen MR) is 142 cm³/mol. The second kappa shape index (κ2) is 11.0. The highest BCUT2D eigenvalue weighted by atomic mass is 35.5. The summed E-state index contributed by atoms with van der Waals surface area (Å²) in [6, 6.07) is 9.98. The number of hydrogen-bond donors (Lipinski definition) is 1. The van der Waals surface area contributed by atoms with Gasteiger partial charge in [-0.2, -0.15) is 0 Å². The molecule has 36 heavy (non-hydrogen) atoms. The van der Waals surface area contributed by atoms with E-state index in [1.807, 2.05) is 36.7 Å². The maximum atomic E-state index is 13.0. The zero-order valence-electron chi connectivity index (χ0n) is 20.6. The second-order valence-corrected chi connectivity index (χ2v) is 10.6. The molecule has 8 heteroatoms. The molecule has 0 saturated carbocycles. The van der Waals surface area contributed by atoms with Gasteiger partial charge in [-0.1, -0.05) is 11.6 Å². The first-order valence-corrected chi connectivity index (χ1v) is 13.3. The highest BCUT2D eigenvalue weighted by Crippen LogP contribution is 2.36. The van der Waals surface area contributed by atoms with Crippen LogP contribution in [0.5, 0.6) is 0 Å². The number of carbonyl (C=O) groups excluding carboxylic acids is 2. The highest BCUT2D eigenvalue weighted by molar-refractivity contribution is 6.30. The number of nitrogens with two attached hydrogens (primary N) is 1. The Balaban J connectivity index is 1.17. The molecule has 0 bridgehead atoms. The molecule has 3 aromatic rings. The molecule has 5 rings (SSSR count). The molecule has 7 nitrogen and oxygen atoms in total. The van der Waals surface area contributed by atoms with E-state index in [4.69, 9.17) is 17.3 Å². The molecule has 2 fully saturated rings. The fraction of sp³-hybridized carbons (Fsp3) is 0.464. The number of piperidine rings is 2. The van der Waals surface area contributed by atoms with Crippen LogP contribution in [-0.4, -0.2) is 63.9 Å². The van der Waals surface area contributed by atoms with Crippen LogP contribution >= 0.6 is 11.6 Å². The summed E-state index contributed by atoms with van der Waals surface area (Å²) >= 11 is 6.10. The van der Waals surface area contributed by atoms with Gasteiger partial charge in [0.15, 0.2) is 0 Å². The summed E-state index contributed by atoms with van der Waals surface area (Å²) in [5.41, 5.74) is 8.80. The molecule has 2 N–H and O–H groups in total. The lowest BCUT2D eigenvalue weighted by Crippen LogP contribution is -2.40. The van der Waals surface area contributed by atoms with Gasteiger partial charge in [0.05, 0.1) is 18.3 Å². The van der Waals surface area contributed by atoms with Crippen LogP contribution in [0.4, 0.5) is 0 Å². The molecule has 0 unspecified atom stereocenters. The molecule has 2 aliphatic rings. The van der Waals surface area contributed by atoms with Gasteiger partial charge in [0.25, 0.3) is 0 Å². The van der Waals surface area contributed by atoms with E-state index in [9.17, 15) is 9.59 Å². The van der Waals surface area contributed by atoms with E-state index in [1.165, 1.54) is 10.9 Å². The molecule has 0 radical (unpaired) electrons. The average Bonchev–Trinajstić information content (AvgIpc) is 3.28. The maximum Gasteiger partial charge on any atom is 0.231 e.